The van der Waals surface area contributed by atoms with Crippen LogP contribution in [-0.4, -0.2) is 60.3 Å². The lowest BCUT2D eigenvalue weighted by atomic mass is 9.84. The number of hydrogen-bond acceptors (Lipinski definition) is 7. The van der Waals surface area contributed by atoms with Gasteiger partial charge in [-0.3, -0.25) is 14.5 Å². The number of nitrogens with zero attached hydrogens (tertiary/aromatic N) is 1. The Labute approximate surface area is 155 Å². The van der Waals surface area contributed by atoms with Gasteiger partial charge in [0.2, 0.25) is 5.60 Å². The molecule has 0 radical (unpaired) electrons. The van der Waals surface area contributed by atoms with Crippen LogP contribution in [0.15, 0.2) is 0 Å². The van der Waals surface area contributed by atoms with Crippen molar-refractivity contribution in [1.29, 1.82) is 0 Å². The summed E-state index contributed by atoms with van der Waals surface area (Å²) in [6.45, 7) is 9.99. The van der Waals surface area contributed by atoms with Crippen LogP contribution in [0.3, 0.4) is 0 Å². The lowest BCUT2D eigenvalue weighted by Crippen LogP contribution is -2.57. The topological polar surface area (TPSA) is 82.1 Å². The first kappa shape index (κ1) is 20.7. The number of hydrogen-bond donors (Lipinski definition) is 0. The largest absolute Gasteiger partial charge is 0.462 e. The highest BCUT2D eigenvalue weighted by Gasteiger charge is 2.54. The Morgan fingerprint density at radius 3 is 2.35 bits per heavy atom. The fourth-order valence-corrected chi connectivity index (χ4v) is 4.37. The van der Waals surface area contributed by atoms with Crippen LogP contribution in [-0.2, 0) is 28.6 Å². The van der Waals surface area contributed by atoms with Gasteiger partial charge in [-0.2, -0.15) is 0 Å². The Balaban J connectivity index is 2.13. The van der Waals surface area contributed by atoms with E-state index in [-0.39, 0.29) is 0 Å². The average molecular weight is 369 g/mol. The molecular weight excluding hydrogens is 338 g/mol. The number of ether oxygens (including phenoxy) is 3. The van der Waals surface area contributed by atoms with Crippen LogP contribution >= 0.6 is 0 Å². The van der Waals surface area contributed by atoms with Gasteiger partial charge < -0.3 is 14.2 Å². The maximum atomic E-state index is 13.0. The summed E-state index contributed by atoms with van der Waals surface area (Å²) in [5.74, 6) is -1.92. The third-order valence-corrected chi connectivity index (χ3v) is 5.61. The number of esters is 3. The summed E-state index contributed by atoms with van der Waals surface area (Å²) in [6.07, 6.45) is 2.37. The predicted molar refractivity (Wildman–Crippen MR) is 94.2 cm³/mol. The first-order chi connectivity index (χ1) is 12.2. The molecule has 2 rings (SSSR count). The standard InChI is InChI=1S/C19H31NO6/c1-12(2)19(26-15(5)22,13(3)25-14(4)21)18(23)24-11-16-8-10-20-9-6-7-17(16)20/h12-13,16-17H,6-11H2,1-5H3/t13-,16-,17-,19-/m0/s1. The van der Waals surface area contributed by atoms with E-state index in [1.54, 1.807) is 20.8 Å². The van der Waals surface area contributed by atoms with E-state index in [0.717, 1.165) is 25.9 Å². The number of fused-ring (bicyclic) bond motifs is 1. The Hall–Kier alpha value is -1.63. The van der Waals surface area contributed by atoms with Crippen LogP contribution in [0, 0.1) is 11.8 Å². The summed E-state index contributed by atoms with van der Waals surface area (Å²) in [4.78, 5) is 38.6. The zero-order valence-electron chi connectivity index (χ0n) is 16.4. The minimum Gasteiger partial charge on any atom is -0.462 e. The molecule has 0 amide bonds. The molecule has 2 saturated heterocycles. The monoisotopic (exact) mass is 369 g/mol. The van der Waals surface area contributed by atoms with E-state index in [1.807, 2.05) is 0 Å². The molecule has 0 aromatic rings. The molecule has 0 aliphatic carbocycles. The highest BCUT2D eigenvalue weighted by atomic mass is 16.6. The zero-order valence-corrected chi connectivity index (χ0v) is 16.4. The van der Waals surface area contributed by atoms with Gasteiger partial charge in [-0.15, -0.1) is 0 Å². The van der Waals surface area contributed by atoms with Crippen LogP contribution < -0.4 is 0 Å². The minimum absolute atomic E-state index is 0.294. The summed E-state index contributed by atoms with van der Waals surface area (Å²) in [6, 6.07) is 0.468. The maximum absolute atomic E-state index is 13.0. The Morgan fingerprint density at radius 1 is 1.08 bits per heavy atom. The van der Waals surface area contributed by atoms with Gasteiger partial charge in [0.25, 0.3) is 0 Å². The predicted octanol–water partition coefficient (Wildman–Crippen LogP) is 1.92. The fourth-order valence-electron chi connectivity index (χ4n) is 4.37. The third-order valence-electron chi connectivity index (χ3n) is 5.61. The van der Waals surface area contributed by atoms with Gasteiger partial charge >= 0.3 is 17.9 Å². The molecule has 0 bridgehead atoms. The molecule has 2 aliphatic rings. The SMILES string of the molecule is CC(=O)O[C@@H](C)[C@](OC(C)=O)(C(=O)OC[C@@H]1CCN2CCC[C@@H]12)C(C)C. The molecule has 0 aromatic heterocycles. The van der Waals surface area contributed by atoms with Crippen molar-refractivity contribution < 1.29 is 28.6 Å². The van der Waals surface area contributed by atoms with Crippen molar-refractivity contribution >= 4 is 17.9 Å². The van der Waals surface area contributed by atoms with E-state index in [4.69, 9.17) is 14.2 Å². The summed E-state index contributed by atoms with van der Waals surface area (Å²) in [5.41, 5.74) is -1.65. The number of carbonyl (C=O) groups is 3. The molecule has 0 spiro atoms. The molecule has 2 heterocycles. The second-order valence-corrected chi connectivity index (χ2v) is 7.69. The molecule has 7 nitrogen and oxygen atoms in total. The van der Waals surface area contributed by atoms with E-state index < -0.39 is 35.5 Å². The van der Waals surface area contributed by atoms with Gasteiger partial charge in [-0.05, 0) is 39.3 Å². The minimum atomic E-state index is -1.65. The van der Waals surface area contributed by atoms with Gasteiger partial charge in [0.1, 0.15) is 6.10 Å². The molecule has 0 saturated carbocycles. The third kappa shape index (κ3) is 4.19. The smallest absolute Gasteiger partial charge is 0.354 e. The van der Waals surface area contributed by atoms with Crippen molar-refractivity contribution in [2.24, 2.45) is 11.8 Å². The Kier molecular flexibility index (Phi) is 6.66. The van der Waals surface area contributed by atoms with Crippen LogP contribution in [0.1, 0.15) is 53.9 Å². The second kappa shape index (κ2) is 8.37. The summed E-state index contributed by atoms with van der Waals surface area (Å²) in [5, 5.41) is 0. The average Bonchev–Trinajstić information content (AvgIpc) is 3.12. The van der Waals surface area contributed by atoms with Crippen molar-refractivity contribution in [2.75, 3.05) is 19.7 Å². The second-order valence-electron chi connectivity index (χ2n) is 7.69. The van der Waals surface area contributed by atoms with E-state index in [1.165, 1.54) is 20.3 Å². The van der Waals surface area contributed by atoms with Crippen molar-refractivity contribution in [3.05, 3.63) is 0 Å². The Bertz CT molecular complexity index is 548. The van der Waals surface area contributed by atoms with E-state index >= 15 is 0 Å². The first-order valence-electron chi connectivity index (χ1n) is 9.46. The van der Waals surface area contributed by atoms with Gasteiger partial charge in [-0.25, -0.2) is 4.79 Å². The molecule has 2 fully saturated rings. The summed E-state index contributed by atoms with van der Waals surface area (Å²) < 4.78 is 16.3. The number of carbonyl (C=O) groups excluding carboxylic acids is 3. The lowest BCUT2D eigenvalue weighted by molar-refractivity contribution is -0.209. The molecule has 26 heavy (non-hydrogen) atoms. The molecule has 0 N–H and O–H groups in total. The van der Waals surface area contributed by atoms with Crippen molar-refractivity contribution in [1.82, 2.24) is 4.90 Å². The Morgan fingerprint density at radius 2 is 1.77 bits per heavy atom. The molecule has 148 valence electrons. The van der Waals surface area contributed by atoms with Gasteiger partial charge in [-0.1, -0.05) is 13.8 Å². The zero-order chi connectivity index (χ0) is 19.5. The highest BCUT2D eigenvalue weighted by molar-refractivity contribution is 5.84. The quantitative estimate of drug-likeness (QED) is 0.501. The van der Waals surface area contributed by atoms with Crippen molar-refractivity contribution in [2.45, 2.75) is 71.6 Å². The molecule has 4 atom stereocenters. The number of rotatable bonds is 7. The van der Waals surface area contributed by atoms with Crippen LogP contribution in [0.4, 0.5) is 0 Å². The van der Waals surface area contributed by atoms with Crippen LogP contribution in [0.2, 0.25) is 0 Å². The lowest BCUT2D eigenvalue weighted by Gasteiger charge is -2.38. The first-order valence-corrected chi connectivity index (χ1v) is 9.46. The van der Waals surface area contributed by atoms with Gasteiger partial charge in [0.15, 0.2) is 0 Å². The molecule has 7 heteroatoms. The summed E-state index contributed by atoms with van der Waals surface area (Å²) in [7, 11) is 0. The molecule has 0 unspecified atom stereocenters. The van der Waals surface area contributed by atoms with Crippen molar-refractivity contribution in [3.63, 3.8) is 0 Å². The van der Waals surface area contributed by atoms with E-state index in [2.05, 4.69) is 4.90 Å². The van der Waals surface area contributed by atoms with E-state index in [0.29, 0.717) is 18.6 Å². The highest BCUT2D eigenvalue weighted by Crippen LogP contribution is 2.34. The van der Waals surface area contributed by atoms with Crippen molar-refractivity contribution in [3.8, 4) is 0 Å². The molecule has 0 aromatic carbocycles. The summed E-state index contributed by atoms with van der Waals surface area (Å²) >= 11 is 0. The fraction of sp³-hybridized carbons (Fsp3) is 0.842. The van der Waals surface area contributed by atoms with Gasteiger partial charge in [0.05, 0.1) is 6.61 Å². The molecular formula is C19H31NO6. The molecule has 2 aliphatic heterocycles. The van der Waals surface area contributed by atoms with Gasteiger partial charge in [0, 0.05) is 31.7 Å². The maximum Gasteiger partial charge on any atom is 0.354 e. The van der Waals surface area contributed by atoms with E-state index in [9.17, 15) is 14.4 Å². The van der Waals surface area contributed by atoms with Crippen LogP contribution in [0.5, 0.6) is 0 Å². The van der Waals surface area contributed by atoms with Crippen LogP contribution in [0.25, 0.3) is 0 Å². The normalized spacial score (nSPS) is 26.1.